The van der Waals surface area contributed by atoms with E-state index in [2.05, 4.69) is 10.1 Å². The highest BCUT2D eigenvalue weighted by atomic mass is 35.5. The largest absolute Gasteiger partial charge is 0.302 e. The van der Waals surface area contributed by atoms with Gasteiger partial charge in [-0.1, -0.05) is 11.6 Å². The van der Waals surface area contributed by atoms with Gasteiger partial charge in [0, 0.05) is 29.0 Å². The third-order valence-electron chi connectivity index (χ3n) is 4.52. The first-order chi connectivity index (χ1) is 12.5. The van der Waals surface area contributed by atoms with Crippen LogP contribution in [0.25, 0.3) is 11.1 Å². The lowest BCUT2D eigenvalue weighted by Crippen LogP contribution is -2.43. The molecule has 0 bridgehead atoms. The molecule has 0 radical (unpaired) electrons. The van der Waals surface area contributed by atoms with E-state index >= 15 is 0 Å². The maximum atomic E-state index is 14.4. The monoisotopic (exact) mass is 370 g/mol. The Balaban J connectivity index is 1.83. The van der Waals surface area contributed by atoms with Crippen molar-refractivity contribution in [2.24, 2.45) is 0 Å². The van der Waals surface area contributed by atoms with Crippen LogP contribution in [-0.4, -0.2) is 27.2 Å². The lowest BCUT2D eigenvalue weighted by Gasteiger charge is -2.32. The van der Waals surface area contributed by atoms with Gasteiger partial charge in [-0.15, -0.1) is 0 Å². The second kappa shape index (κ2) is 6.21. The molecule has 0 unspecified atom stereocenters. The number of benzene rings is 1. The Hall–Kier alpha value is -2.73. The summed E-state index contributed by atoms with van der Waals surface area (Å²) >= 11 is 5.84. The second-order valence-electron chi connectivity index (χ2n) is 6.40. The third-order valence-corrected chi connectivity index (χ3v) is 4.75. The molecule has 1 aliphatic heterocycles. The number of hydrogen-bond donors (Lipinski definition) is 0. The topological polar surface area (TPSA) is 51.0 Å². The van der Waals surface area contributed by atoms with Crippen LogP contribution < -0.4 is 4.90 Å². The molecule has 0 fully saturated rings. The molecule has 1 aliphatic rings. The number of rotatable bonds is 2. The fourth-order valence-corrected chi connectivity index (χ4v) is 3.45. The van der Waals surface area contributed by atoms with Crippen LogP contribution in [-0.2, 0) is 0 Å². The molecule has 7 heteroatoms. The number of aromatic nitrogens is 3. The summed E-state index contributed by atoms with van der Waals surface area (Å²) in [6.45, 7) is 4.17. The highest BCUT2D eigenvalue weighted by molar-refractivity contribution is 6.30. The molecule has 132 valence electrons. The maximum absolute atomic E-state index is 14.4. The molecular formula is C19H16ClFN4O. The Kier molecular flexibility index (Phi) is 4.00. The number of carbonyl (C=O) groups is 1. The predicted octanol–water partition coefficient (Wildman–Crippen LogP) is 4.27. The van der Waals surface area contributed by atoms with Gasteiger partial charge >= 0.3 is 0 Å². The number of halogens is 2. The number of pyridine rings is 1. The van der Waals surface area contributed by atoms with Crippen molar-refractivity contribution in [3.63, 3.8) is 0 Å². The number of amides is 1. The molecule has 1 aromatic carbocycles. The summed E-state index contributed by atoms with van der Waals surface area (Å²) in [4.78, 5) is 18.8. The maximum Gasteiger partial charge on any atom is 0.277 e. The van der Waals surface area contributed by atoms with Crippen molar-refractivity contribution in [3.05, 3.63) is 65.0 Å². The number of fused-ring (bicyclic) bond motifs is 1. The SMILES string of the molecule is Cc1cc(-c2cnn3c2C(=O)N(c2ccc(Cl)cc2F)C[C@@H]3C)ccn1. The van der Waals surface area contributed by atoms with Gasteiger partial charge in [-0.3, -0.25) is 14.5 Å². The van der Waals surface area contributed by atoms with E-state index in [1.807, 2.05) is 26.0 Å². The van der Waals surface area contributed by atoms with Crippen molar-refractivity contribution < 1.29 is 9.18 Å². The minimum absolute atomic E-state index is 0.0885. The molecule has 0 spiro atoms. The normalized spacial score (nSPS) is 16.7. The van der Waals surface area contributed by atoms with Crippen molar-refractivity contribution >= 4 is 23.2 Å². The van der Waals surface area contributed by atoms with Crippen LogP contribution in [0, 0.1) is 12.7 Å². The highest BCUT2D eigenvalue weighted by Gasteiger charge is 2.34. The van der Waals surface area contributed by atoms with E-state index in [4.69, 9.17) is 11.6 Å². The zero-order valence-corrected chi connectivity index (χ0v) is 15.0. The van der Waals surface area contributed by atoms with Crippen LogP contribution >= 0.6 is 11.6 Å². The summed E-state index contributed by atoms with van der Waals surface area (Å²) in [5.74, 6) is -0.807. The molecule has 0 N–H and O–H groups in total. The highest BCUT2D eigenvalue weighted by Crippen LogP contribution is 2.34. The fraction of sp³-hybridized carbons (Fsp3) is 0.211. The molecule has 4 rings (SSSR count). The van der Waals surface area contributed by atoms with Gasteiger partial charge in [-0.2, -0.15) is 5.10 Å². The average Bonchev–Trinajstić information content (AvgIpc) is 3.04. The Bertz CT molecular complexity index is 1020. The van der Waals surface area contributed by atoms with Gasteiger partial charge in [0.25, 0.3) is 5.91 Å². The van der Waals surface area contributed by atoms with E-state index in [0.29, 0.717) is 22.8 Å². The quantitative estimate of drug-likeness (QED) is 0.677. The number of carbonyl (C=O) groups excluding carboxylic acids is 1. The minimum Gasteiger partial charge on any atom is -0.302 e. The first-order valence-corrected chi connectivity index (χ1v) is 8.61. The van der Waals surface area contributed by atoms with Crippen molar-refractivity contribution in [1.82, 2.24) is 14.8 Å². The van der Waals surface area contributed by atoms with Crippen LogP contribution in [0.4, 0.5) is 10.1 Å². The van der Waals surface area contributed by atoms with Gasteiger partial charge in [-0.25, -0.2) is 4.39 Å². The van der Waals surface area contributed by atoms with Crippen molar-refractivity contribution in [2.45, 2.75) is 19.9 Å². The van der Waals surface area contributed by atoms with Gasteiger partial charge in [-0.05, 0) is 49.7 Å². The number of hydrogen-bond acceptors (Lipinski definition) is 3. The summed E-state index contributed by atoms with van der Waals surface area (Å²) < 4.78 is 16.1. The number of nitrogens with zero attached hydrogens (tertiary/aromatic N) is 4. The predicted molar refractivity (Wildman–Crippen MR) is 98.0 cm³/mol. The molecule has 1 amide bonds. The average molecular weight is 371 g/mol. The summed E-state index contributed by atoms with van der Waals surface area (Å²) in [6.07, 6.45) is 3.38. The molecule has 2 aromatic heterocycles. The van der Waals surface area contributed by atoms with Gasteiger partial charge in [0.15, 0.2) is 0 Å². The molecule has 3 aromatic rings. The summed E-state index contributed by atoms with van der Waals surface area (Å²) in [6, 6.07) is 7.98. The van der Waals surface area contributed by atoms with Crippen molar-refractivity contribution in [1.29, 1.82) is 0 Å². The van der Waals surface area contributed by atoms with E-state index in [0.717, 1.165) is 11.3 Å². The smallest absolute Gasteiger partial charge is 0.277 e. The zero-order chi connectivity index (χ0) is 18.4. The lowest BCUT2D eigenvalue weighted by atomic mass is 10.0. The van der Waals surface area contributed by atoms with Gasteiger partial charge in [0.1, 0.15) is 11.5 Å². The molecule has 5 nitrogen and oxygen atoms in total. The minimum atomic E-state index is -0.521. The van der Waals surface area contributed by atoms with E-state index in [1.165, 1.54) is 17.0 Å². The Morgan fingerprint density at radius 2 is 2.08 bits per heavy atom. The molecule has 3 heterocycles. The first-order valence-electron chi connectivity index (χ1n) is 8.23. The third kappa shape index (κ3) is 2.66. The second-order valence-corrected chi connectivity index (χ2v) is 6.83. The molecule has 0 aliphatic carbocycles. The number of aryl methyl sites for hydroxylation is 1. The van der Waals surface area contributed by atoms with Crippen LogP contribution in [0.15, 0.2) is 42.7 Å². The molecule has 0 saturated carbocycles. The van der Waals surface area contributed by atoms with Gasteiger partial charge in [0.2, 0.25) is 0 Å². The Morgan fingerprint density at radius 1 is 1.27 bits per heavy atom. The first kappa shape index (κ1) is 16.7. The summed E-state index contributed by atoms with van der Waals surface area (Å²) in [5.41, 5.74) is 3.09. The van der Waals surface area contributed by atoms with Crippen LogP contribution in [0.5, 0.6) is 0 Å². The standard InChI is InChI=1S/C19H16ClFN4O/c1-11-7-13(5-6-22-11)15-9-23-25-12(2)10-24(19(26)18(15)25)17-4-3-14(20)8-16(17)21/h3-9,12H,10H2,1-2H3/t12-/m0/s1. The lowest BCUT2D eigenvalue weighted by molar-refractivity contribution is 0.0953. The van der Waals surface area contributed by atoms with Crippen molar-refractivity contribution in [3.8, 4) is 11.1 Å². The van der Waals surface area contributed by atoms with Crippen LogP contribution in [0.2, 0.25) is 5.02 Å². The zero-order valence-electron chi connectivity index (χ0n) is 14.3. The van der Waals surface area contributed by atoms with Gasteiger partial charge in [0.05, 0.1) is 17.9 Å². The molecular weight excluding hydrogens is 355 g/mol. The molecule has 0 saturated heterocycles. The summed E-state index contributed by atoms with van der Waals surface area (Å²) in [7, 11) is 0. The Morgan fingerprint density at radius 3 is 2.81 bits per heavy atom. The molecule has 26 heavy (non-hydrogen) atoms. The van der Waals surface area contributed by atoms with Gasteiger partial charge < -0.3 is 4.90 Å². The Labute approximate surface area is 155 Å². The van der Waals surface area contributed by atoms with Crippen molar-refractivity contribution in [2.75, 3.05) is 11.4 Å². The van der Waals surface area contributed by atoms with E-state index in [-0.39, 0.29) is 17.6 Å². The number of anilines is 1. The fourth-order valence-electron chi connectivity index (χ4n) is 3.29. The van der Waals surface area contributed by atoms with Crippen LogP contribution in [0.1, 0.15) is 29.1 Å². The van der Waals surface area contributed by atoms with E-state index < -0.39 is 5.82 Å². The van der Waals surface area contributed by atoms with E-state index in [1.54, 1.807) is 23.1 Å². The molecule has 1 atom stereocenters. The summed E-state index contributed by atoms with van der Waals surface area (Å²) in [5, 5.41) is 4.69. The van der Waals surface area contributed by atoms with E-state index in [9.17, 15) is 9.18 Å². The van der Waals surface area contributed by atoms with Crippen LogP contribution in [0.3, 0.4) is 0 Å².